The zero-order chi connectivity index (χ0) is 16.8. The Kier molecular flexibility index (Phi) is 13.8. The minimum absolute atomic E-state index is 0.104. The lowest BCUT2D eigenvalue weighted by molar-refractivity contribution is -0.118. The Morgan fingerprint density at radius 3 is 1.71 bits per heavy atom. The number of carbonyl (C=O) groups excluding carboxylic acids is 1. The number of para-hydroxylation sites is 1. The number of rotatable bonds is 4. The summed E-state index contributed by atoms with van der Waals surface area (Å²) in [5, 5.41) is 16.9. The summed E-state index contributed by atoms with van der Waals surface area (Å²) in [6, 6.07) is 8.71. The van der Waals surface area contributed by atoms with Gasteiger partial charge in [0.2, 0.25) is 0 Å². The number of ketones is 1. The molecule has 0 aliphatic carbocycles. The lowest BCUT2D eigenvalue weighted by Gasteiger charge is -1.99. The quantitative estimate of drug-likeness (QED) is 0.818. The van der Waals surface area contributed by atoms with Crippen molar-refractivity contribution in [2.45, 2.75) is 41.0 Å². The Morgan fingerprint density at radius 2 is 1.62 bits per heavy atom. The second kappa shape index (κ2) is 13.4. The molecule has 0 radical (unpaired) electrons. The number of phenols is 1. The number of benzene rings is 1. The highest BCUT2D eigenvalue weighted by Gasteiger charge is 2.05. The molecule has 0 fully saturated rings. The predicted molar refractivity (Wildman–Crippen MR) is 89.3 cm³/mol. The third kappa shape index (κ3) is 16.3. The normalized spacial score (nSPS) is 9.33. The first kappa shape index (κ1) is 21.7. The molecule has 0 aromatic heterocycles. The van der Waals surface area contributed by atoms with Crippen LogP contribution in [-0.4, -0.2) is 22.6 Å². The molecule has 1 aromatic rings. The molecule has 0 bridgehead atoms. The van der Waals surface area contributed by atoms with Gasteiger partial charge in [0.1, 0.15) is 5.75 Å². The molecule has 1 rings (SSSR count). The maximum atomic E-state index is 10.7. The maximum absolute atomic E-state index is 10.7. The van der Waals surface area contributed by atoms with Crippen molar-refractivity contribution in [2.24, 2.45) is 11.8 Å². The fourth-order valence-corrected chi connectivity index (χ4v) is 1.18. The van der Waals surface area contributed by atoms with Crippen molar-refractivity contribution in [2.75, 3.05) is 6.61 Å². The van der Waals surface area contributed by atoms with Gasteiger partial charge in [0.15, 0.2) is 5.78 Å². The van der Waals surface area contributed by atoms with Crippen molar-refractivity contribution in [1.82, 2.24) is 0 Å². The summed E-state index contributed by atoms with van der Waals surface area (Å²) < 4.78 is 0. The minimum Gasteiger partial charge on any atom is -0.508 e. The van der Waals surface area contributed by atoms with Gasteiger partial charge in [-0.15, -0.1) is 0 Å². The molecule has 3 nitrogen and oxygen atoms in total. The van der Waals surface area contributed by atoms with E-state index in [0.717, 1.165) is 6.42 Å². The van der Waals surface area contributed by atoms with Crippen LogP contribution in [0.2, 0.25) is 0 Å². The zero-order valence-corrected chi connectivity index (χ0v) is 14.0. The highest BCUT2D eigenvalue weighted by atomic mass is 16.3. The molecule has 1 aromatic carbocycles. The van der Waals surface area contributed by atoms with Crippen LogP contribution in [-0.2, 0) is 4.79 Å². The first-order valence-corrected chi connectivity index (χ1v) is 7.26. The molecular weight excluding hydrogens is 264 g/mol. The van der Waals surface area contributed by atoms with Crippen LogP contribution < -0.4 is 0 Å². The van der Waals surface area contributed by atoms with Crippen LogP contribution in [0.1, 0.15) is 41.0 Å². The summed E-state index contributed by atoms with van der Waals surface area (Å²) in [5.74, 6) is 1.23. The molecule has 0 aliphatic rings. The van der Waals surface area contributed by atoms with E-state index in [4.69, 9.17) is 10.2 Å². The lowest BCUT2D eigenvalue weighted by Crippen LogP contribution is -2.06. The van der Waals surface area contributed by atoms with Gasteiger partial charge in [0.25, 0.3) is 0 Å². The number of hydrogen-bond donors (Lipinski definition) is 2. The molecular formula is C18H30O3. The predicted octanol–water partition coefficient (Wildman–Crippen LogP) is 4.20. The molecule has 21 heavy (non-hydrogen) atoms. The monoisotopic (exact) mass is 294 g/mol. The standard InChI is InChI=1S/C7H12O.C6H6O.C5H12O/c1-5(2)7(8)6(3)4;7-6-4-2-1-3-5-6;1-5(2)3-4-6/h6H,1H2,2-4H3;1-5,7H;5-6H,3-4H2,1-2H3. The Morgan fingerprint density at radius 1 is 1.14 bits per heavy atom. The lowest BCUT2D eigenvalue weighted by atomic mass is 10.0. The van der Waals surface area contributed by atoms with E-state index >= 15 is 0 Å². The SMILES string of the molecule is C=C(C)C(=O)C(C)C.CC(C)CCO.Oc1ccccc1. The largest absolute Gasteiger partial charge is 0.508 e. The third-order valence-electron chi connectivity index (χ3n) is 2.41. The smallest absolute Gasteiger partial charge is 0.160 e. The molecule has 0 aliphatic heterocycles. The Hall–Kier alpha value is -1.61. The zero-order valence-electron chi connectivity index (χ0n) is 14.0. The fraction of sp³-hybridized carbons (Fsp3) is 0.500. The number of Topliss-reactive ketones (excluding diaryl/α,β-unsaturated/α-hetero) is 1. The van der Waals surface area contributed by atoms with E-state index in [9.17, 15) is 4.79 Å². The summed E-state index contributed by atoms with van der Waals surface area (Å²) in [5.41, 5.74) is 0.653. The van der Waals surface area contributed by atoms with Gasteiger partial charge in [0, 0.05) is 12.5 Å². The van der Waals surface area contributed by atoms with Crippen molar-refractivity contribution < 1.29 is 15.0 Å². The Bertz CT molecular complexity index is 381. The van der Waals surface area contributed by atoms with E-state index < -0.39 is 0 Å². The number of carbonyl (C=O) groups is 1. The molecule has 0 unspecified atom stereocenters. The summed E-state index contributed by atoms with van der Waals surface area (Å²) in [7, 11) is 0. The number of allylic oxidation sites excluding steroid dienone is 1. The molecule has 0 amide bonds. The van der Waals surface area contributed by atoms with Crippen LogP contribution in [0.4, 0.5) is 0 Å². The van der Waals surface area contributed by atoms with Crippen LogP contribution in [0.5, 0.6) is 5.75 Å². The van der Waals surface area contributed by atoms with Crippen molar-refractivity contribution in [1.29, 1.82) is 0 Å². The van der Waals surface area contributed by atoms with E-state index in [1.807, 2.05) is 19.9 Å². The Labute approximate surface area is 129 Å². The van der Waals surface area contributed by atoms with Gasteiger partial charge in [-0.3, -0.25) is 4.79 Å². The van der Waals surface area contributed by atoms with Crippen LogP contribution in [0.25, 0.3) is 0 Å². The van der Waals surface area contributed by atoms with Crippen molar-refractivity contribution in [3.63, 3.8) is 0 Å². The van der Waals surface area contributed by atoms with Gasteiger partial charge >= 0.3 is 0 Å². The van der Waals surface area contributed by atoms with Gasteiger partial charge in [0.05, 0.1) is 0 Å². The average Bonchev–Trinajstić information content (AvgIpc) is 2.39. The van der Waals surface area contributed by atoms with Crippen molar-refractivity contribution >= 4 is 5.78 Å². The first-order valence-electron chi connectivity index (χ1n) is 7.26. The maximum Gasteiger partial charge on any atom is 0.160 e. The number of hydrogen-bond acceptors (Lipinski definition) is 3. The van der Waals surface area contributed by atoms with Crippen LogP contribution in [0, 0.1) is 11.8 Å². The fourth-order valence-electron chi connectivity index (χ4n) is 1.18. The molecule has 0 spiro atoms. The molecule has 3 heteroatoms. The summed E-state index contributed by atoms with van der Waals surface area (Å²) in [6.45, 7) is 13.5. The molecule has 0 saturated carbocycles. The number of aliphatic hydroxyl groups excluding tert-OH is 1. The van der Waals surface area contributed by atoms with Crippen LogP contribution in [0.3, 0.4) is 0 Å². The van der Waals surface area contributed by atoms with E-state index in [1.165, 1.54) is 0 Å². The molecule has 2 N–H and O–H groups in total. The summed E-state index contributed by atoms with van der Waals surface area (Å²) in [4.78, 5) is 10.7. The van der Waals surface area contributed by atoms with Gasteiger partial charge in [-0.1, -0.05) is 52.5 Å². The van der Waals surface area contributed by atoms with Gasteiger partial charge in [-0.05, 0) is 37.0 Å². The highest BCUT2D eigenvalue weighted by Crippen LogP contribution is 2.03. The molecule has 120 valence electrons. The van der Waals surface area contributed by atoms with Gasteiger partial charge in [-0.25, -0.2) is 0 Å². The number of phenolic OH excluding ortho intramolecular Hbond substituents is 1. The topological polar surface area (TPSA) is 57.5 Å². The van der Waals surface area contributed by atoms with Gasteiger partial charge in [-0.2, -0.15) is 0 Å². The molecule has 0 saturated heterocycles. The molecule has 0 heterocycles. The first-order chi connectivity index (χ1) is 9.72. The highest BCUT2D eigenvalue weighted by molar-refractivity contribution is 5.95. The average molecular weight is 294 g/mol. The van der Waals surface area contributed by atoms with Crippen molar-refractivity contribution in [3.8, 4) is 5.75 Å². The Balaban J connectivity index is 0. The van der Waals surface area contributed by atoms with E-state index in [1.54, 1.807) is 31.2 Å². The van der Waals surface area contributed by atoms with Crippen LogP contribution >= 0.6 is 0 Å². The van der Waals surface area contributed by atoms with E-state index in [-0.39, 0.29) is 11.7 Å². The second-order valence-electron chi connectivity index (χ2n) is 5.54. The second-order valence-corrected chi connectivity index (χ2v) is 5.54. The van der Waals surface area contributed by atoms with E-state index in [2.05, 4.69) is 20.4 Å². The number of aromatic hydroxyl groups is 1. The minimum atomic E-state index is 0.104. The van der Waals surface area contributed by atoms with E-state index in [0.29, 0.717) is 23.8 Å². The number of aliphatic hydroxyl groups is 1. The van der Waals surface area contributed by atoms with Crippen LogP contribution in [0.15, 0.2) is 42.5 Å². The van der Waals surface area contributed by atoms with Crippen molar-refractivity contribution in [3.05, 3.63) is 42.5 Å². The van der Waals surface area contributed by atoms with Gasteiger partial charge < -0.3 is 10.2 Å². The summed E-state index contributed by atoms with van der Waals surface area (Å²) >= 11 is 0. The summed E-state index contributed by atoms with van der Waals surface area (Å²) in [6.07, 6.45) is 0.931. The third-order valence-corrected chi connectivity index (χ3v) is 2.41. The molecule has 0 atom stereocenters.